The Balaban J connectivity index is 0.900. The molecule has 2 heteroatoms. The van der Waals surface area contributed by atoms with E-state index in [-0.39, 0.29) is 5.92 Å². The Morgan fingerprint density at radius 3 is 1.53 bits per heavy atom. The van der Waals surface area contributed by atoms with Crippen molar-refractivity contribution in [2.75, 3.05) is 9.80 Å². The molecule has 10 aromatic carbocycles. The van der Waals surface area contributed by atoms with Gasteiger partial charge in [0.15, 0.2) is 0 Å². The number of benzene rings is 10. The third-order valence-electron chi connectivity index (χ3n) is 12.9. The average Bonchev–Trinajstić information content (AvgIpc) is 3.34. The minimum absolute atomic E-state index is 0.177. The summed E-state index contributed by atoms with van der Waals surface area (Å²) in [5, 5.41) is 7.63. The summed E-state index contributed by atoms with van der Waals surface area (Å²) in [4.78, 5) is 4.71. The summed E-state index contributed by atoms with van der Waals surface area (Å²) in [6.07, 6.45) is 8.14. The molecule has 2 nitrogen and oxygen atoms in total. The van der Waals surface area contributed by atoms with Crippen LogP contribution in [0.3, 0.4) is 0 Å². The van der Waals surface area contributed by atoms with Crippen LogP contribution >= 0.6 is 0 Å². The van der Waals surface area contributed by atoms with Crippen molar-refractivity contribution < 1.29 is 0 Å². The molecule has 0 saturated heterocycles. The number of anilines is 6. The first kappa shape index (κ1) is 36.0. The monoisotopic (exact) mass is 790 g/mol. The minimum atomic E-state index is 0.177. The molecule has 10 aromatic rings. The molecule has 2 aliphatic carbocycles. The van der Waals surface area contributed by atoms with E-state index in [2.05, 4.69) is 246 Å². The van der Waals surface area contributed by atoms with Gasteiger partial charge >= 0.3 is 0 Å². The van der Waals surface area contributed by atoms with Crippen molar-refractivity contribution in [1.29, 1.82) is 0 Å². The van der Waals surface area contributed by atoms with E-state index in [0.717, 1.165) is 40.5 Å². The smallest absolute Gasteiger partial charge is 0.0468 e. The molecule has 0 saturated carbocycles. The molecular formula is C60H42N2. The van der Waals surface area contributed by atoms with Gasteiger partial charge in [0.1, 0.15) is 0 Å². The molecule has 0 amide bonds. The number of hydrogen-bond donors (Lipinski definition) is 0. The number of allylic oxidation sites excluding steroid dienone is 3. The van der Waals surface area contributed by atoms with Gasteiger partial charge in [-0.1, -0.05) is 164 Å². The maximum atomic E-state index is 2.48. The molecule has 0 radical (unpaired) electrons. The number of rotatable bonds is 8. The lowest BCUT2D eigenvalue weighted by molar-refractivity contribution is 1.07. The van der Waals surface area contributed by atoms with Crippen LogP contribution in [-0.2, 0) is 6.42 Å². The highest BCUT2D eigenvalue weighted by molar-refractivity contribution is 6.09. The zero-order valence-corrected chi connectivity index (χ0v) is 34.2. The summed E-state index contributed by atoms with van der Waals surface area (Å²) in [6, 6.07) is 79.8. The van der Waals surface area contributed by atoms with Crippen molar-refractivity contribution in [2.24, 2.45) is 0 Å². The molecule has 12 rings (SSSR count). The normalized spacial score (nSPS) is 13.9. The molecule has 0 heterocycles. The van der Waals surface area contributed by atoms with Crippen molar-refractivity contribution in [3.05, 3.63) is 253 Å². The van der Waals surface area contributed by atoms with Crippen LogP contribution in [0.15, 0.2) is 231 Å². The van der Waals surface area contributed by atoms with E-state index in [9.17, 15) is 0 Å². The molecule has 0 N–H and O–H groups in total. The summed E-state index contributed by atoms with van der Waals surface area (Å²) in [7, 11) is 0. The molecule has 0 aliphatic heterocycles. The molecule has 1 unspecified atom stereocenters. The summed E-state index contributed by atoms with van der Waals surface area (Å²) >= 11 is 0. The zero-order chi connectivity index (χ0) is 41.0. The second-order valence-electron chi connectivity index (χ2n) is 16.5. The quantitative estimate of drug-likeness (QED) is 0.151. The van der Waals surface area contributed by atoms with Crippen LogP contribution in [0.25, 0.3) is 55.1 Å². The molecule has 0 spiro atoms. The average molecular weight is 791 g/mol. The maximum absolute atomic E-state index is 2.48. The lowest BCUT2D eigenvalue weighted by Crippen LogP contribution is -2.12. The van der Waals surface area contributed by atoms with Crippen molar-refractivity contribution in [1.82, 2.24) is 0 Å². The molecule has 0 aromatic heterocycles. The largest absolute Gasteiger partial charge is 0.311 e. The van der Waals surface area contributed by atoms with E-state index >= 15 is 0 Å². The number of hydrogen-bond acceptors (Lipinski definition) is 2. The fourth-order valence-corrected chi connectivity index (χ4v) is 9.91. The lowest BCUT2D eigenvalue weighted by Gasteiger charge is -2.30. The van der Waals surface area contributed by atoms with Crippen LogP contribution in [0.5, 0.6) is 0 Å². The predicted octanol–water partition coefficient (Wildman–Crippen LogP) is 16.5. The molecule has 0 bridgehead atoms. The number of fused-ring (bicyclic) bond motifs is 2. The second-order valence-corrected chi connectivity index (χ2v) is 16.5. The fourth-order valence-electron chi connectivity index (χ4n) is 9.91. The number of para-hydroxylation sites is 2. The van der Waals surface area contributed by atoms with Gasteiger partial charge in [0.25, 0.3) is 0 Å². The molecule has 1 atom stereocenters. The van der Waals surface area contributed by atoms with Crippen molar-refractivity contribution in [3.8, 4) is 11.1 Å². The van der Waals surface area contributed by atoms with Crippen LogP contribution in [0.4, 0.5) is 34.1 Å². The molecule has 62 heavy (non-hydrogen) atoms. The Bertz CT molecular complexity index is 3240. The first-order valence-electron chi connectivity index (χ1n) is 21.6. The van der Waals surface area contributed by atoms with Crippen LogP contribution < -0.4 is 9.80 Å². The third kappa shape index (κ3) is 6.19. The fraction of sp³-hybridized carbons (Fsp3) is 0.0333. The Kier molecular flexibility index (Phi) is 8.67. The highest BCUT2D eigenvalue weighted by Crippen LogP contribution is 2.49. The van der Waals surface area contributed by atoms with E-state index < -0.39 is 0 Å². The molecule has 292 valence electrons. The minimum Gasteiger partial charge on any atom is -0.311 e. The lowest BCUT2D eigenvalue weighted by atomic mass is 9.74. The predicted molar refractivity (Wildman–Crippen MR) is 264 cm³/mol. The van der Waals surface area contributed by atoms with Crippen molar-refractivity contribution in [2.45, 2.75) is 12.3 Å². The van der Waals surface area contributed by atoms with Crippen molar-refractivity contribution >= 4 is 78.1 Å². The van der Waals surface area contributed by atoms with Gasteiger partial charge in [0.05, 0.1) is 0 Å². The van der Waals surface area contributed by atoms with Crippen LogP contribution in [0, 0.1) is 0 Å². The maximum Gasteiger partial charge on any atom is 0.0468 e. The summed E-state index contributed by atoms with van der Waals surface area (Å²) in [6.45, 7) is 0. The third-order valence-corrected chi connectivity index (χ3v) is 12.9. The van der Waals surface area contributed by atoms with E-state index in [1.54, 1.807) is 0 Å². The highest BCUT2D eigenvalue weighted by Gasteiger charge is 2.28. The standard InChI is InChI=1S/C60H42N2/c1-3-15-49(16-4-1)61(50-17-5-2-6-18-50)51-29-21-43(22-30-51)55-35-25-45-28-38-58-56(36-26-46-27-37-57(55)59(45)60(46)58)44-23-31-52(32-24-44)62(53-33-19-41-11-7-9-13-47(41)39-53)54-34-20-42-12-8-10-14-48(42)40-54/h1-26,28-40,55H,27H2. The summed E-state index contributed by atoms with van der Waals surface area (Å²) in [5.74, 6) is 0.177. The zero-order valence-electron chi connectivity index (χ0n) is 34.2. The molecule has 2 aliphatic rings. The van der Waals surface area contributed by atoms with Gasteiger partial charge in [0, 0.05) is 40.0 Å². The van der Waals surface area contributed by atoms with Crippen molar-refractivity contribution in [3.63, 3.8) is 0 Å². The van der Waals surface area contributed by atoms with Gasteiger partial charge in [-0.05, 0) is 150 Å². The van der Waals surface area contributed by atoms with E-state index in [0.29, 0.717) is 0 Å². The van der Waals surface area contributed by atoms with E-state index in [1.807, 2.05) is 0 Å². The topological polar surface area (TPSA) is 6.48 Å². The Morgan fingerprint density at radius 2 is 0.919 bits per heavy atom. The van der Waals surface area contributed by atoms with Gasteiger partial charge in [-0.2, -0.15) is 0 Å². The summed E-state index contributed by atoms with van der Waals surface area (Å²) < 4.78 is 0. The van der Waals surface area contributed by atoms with Gasteiger partial charge in [-0.25, -0.2) is 0 Å². The summed E-state index contributed by atoms with van der Waals surface area (Å²) in [5.41, 5.74) is 16.1. The first-order chi connectivity index (χ1) is 30.7. The van der Waals surface area contributed by atoms with Gasteiger partial charge in [0.2, 0.25) is 0 Å². The van der Waals surface area contributed by atoms with Crippen LogP contribution in [0.2, 0.25) is 0 Å². The Labute approximate surface area is 362 Å². The highest BCUT2D eigenvalue weighted by atomic mass is 15.1. The second kappa shape index (κ2) is 15.0. The van der Waals surface area contributed by atoms with Gasteiger partial charge in [-0.15, -0.1) is 0 Å². The van der Waals surface area contributed by atoms with Gasteiger partial charge in [-0.3, -0.25) is 0 Å². The van der Waals surface area contributed by atoms with Crippen LogP contribution in [-0.4, -0.2) is 0 Å². The Hall–Kier alpha value is -7.94. The number of nitrogens with zero attached hydrogens (tertiary/aromatic N) is 2. The first-order valence-corrected chi connectivity index (χ1v) is 21.6. The van der Waals surface area contributed by atoms with Gasteiger partial charge < -0.3 is 9.80 Å². The molecular weight excluding hydrogens is 749 g/mol. The SMILES string of the molecule is C1=CC(c2ccc(N(c3ccccc3)c3ccccc3)cc2)C2=CCc3ccc(-c4ccc(N(c5ccc6ccccc6c5)c5ccc6ccccc6c5)cc4)c4ccc1c2c34. The van der Waals surface area contributed by atoms with E-state index in [4.69, 9.17) is 0 Å². The molecule has 0 fully saturated rings. The Morgan fingerprint density at radius 1 is 0.403 bits per heavy atom. The van der Waals surface area contributed by atoms with Crippen LogP contribution in [0.1, 0.15) is 28.2 Å². The van der Waals surface area contributed by atoms with E-state index in [1.165, 1.54) is 71.3 Å².